The van der Waals surface area contributed by atoms with Gasteiger partial charge >= 0.3 is 5.97 Å². The lowest BCUT2D eigenvalue weighted by Gasteiger charge is -2.26. The first-order valence-electron chi connectivity index (χ1n) is 12.3. The Morgan fingerprint density at radius 1 is 0.806 bits per heavy atom. The van der Waals surface area contributed by atoms with Crippen molar-refractivity contribution in [1.29, 1.82) is 0 Å². The third kappa shape index (κ3) is 4.76. The Bertz CT molecular complexity index is 1280. The molecule has 0 bridgehead atoms. The van der Waals surface area contributed by atoms with Crippen molar-refractivity contribution in [2.75, 3.05) is 6.61 Å². The number of rotatable bonds is 6. The molecule has 1 aliphatic heterocycles. The second-order valence-corrected chi connectivity index (χ2v) is 9.52. The Morgan fingerprint density at radius 3 is 1.92 bits per heavy atom. The summed E-state index contributed by atoms with van der Waals surface area (Å²) in [5.41, 5.74) is 0.942. The molecule has 0 radical (unpaired) electrons. The molecule has 1 saturated heterocycles. The summed E-state index contributed by atoms with van der Waals surface area (Å²) in [4.78, 5) is 12.5. The van der Waals surface area contributed by atoms with Gasteiger partial charge < -0.3 is 9.47 Å². The van der Waals surface area contributed by atoms with Crippen molar-refractivity contribution >= 4 is 5.97 Å². The van der Waals surface area contributed by atoms with Gasteiger partial charge in [-0.2, -0.15) is 4.39 Å². The summed E-state index contributed by atoms with van der Waals surface area (Å²) in [6.45, 7) is 2.49. The molecule has 0 spiro atoms. The van der Waals surface area contributed by atoms with Gasteiger partial charge in [0.2, 0.25) is 5.82 Å². The average Bonchev–Trinajstić information content (AvgIpc) is 3.74. The van der Waals surface area contributed by atoms with Crippen LogP contribution < -0.4 is 4.74 Å². The fourth-order valence-electron chi connectivity index (χ4n) is 4.92. The van der Waals surface area contributed by atoms with Crippen LogP contribution in [0.1, 0.15) is 50.7 Å². The van der Waals surface area contributed by atoms with E-state index in [2.05, 4.69) is 6.92 Å². The largest absolute Gasteiger partial charge is 0.423 e. The molecule has 0 aromatic heterocycles. The fraction of sp³-hybridized carbons (Fsp3) is 0.345. The van der Waals surface area contributed by atoms with Crippen molar-refractivity contribution in [3.05, 3.63) is 77.4 Å². The second-order valence-electron chi connectivity index (χ2n) is 9.52. The van der Waals surface area contributed by atoms with Crippen molar-refractivity contribution in [2.45, 2.75) is 45.1 Å². The summed E-state index contributed by atoms with van der Waals surface area (Å²) in [6, 6.07) is 11.6. The molecule has 1 heterocycles. The molecule has 2 fully saturated rings. The van der Waals surface area contributed by atoms with Crippen LogP contribution in [0, 0.1) is 35.1 Å². The molecule has 5 rings (SSSR count). The van der Waals surface area contributed by atoms with Gasteiger partial charge in [-0.3, -0.25) is 4.79 Å². The van der Waals surface area contributed by atoms with E-state index in [9.17, 15) is 22.4 Å². The Kier molecular flexibility index (Phi) is 6.84. The molecule has 0 N–H and O–H groups in total. The fourth-order valence-corrected chi connectivity index (χ4v) is 4.92. The van der Waals surface area contributed by atoms with Crippen LogP contribution in [-0.2, 0) is 9.53 Å². The van der Waals surface area contributed by atoms with Gasteiger partial charge in [-0.1, -0.05) is 49.7 Å². The number of benzene rings is 3. The van der Waals surface area contributed by atoms with Gasteiger partial charge in [0.25, 0.3) is 0 Å². The summed E-state index contributed by atoms with van der Waals surface area (Å²) in [7, 11) is 0. The van der Waals surface area contributed by atoms with Gasteiger partial charge in [0.05, 0.1) is 12.5 Å². The quantitative estimate of drug-likeness (QED) is 0.151. The van der Waals surface area contributed by atoms with Crippen LogP contribution in [0.2, 0.25) is 0 Å². The number of esters is 1. The topological polar surface area (TPSA) is 38.8 Å². The average molecular weight is 499 g/mol. The summed E-state index contributed by atoms with van der Waals surface area (Å²) >= 11 is 0. The highest BCUT2D eigenvalue weighted by Gasteiger charge is 2.31. The van der Waals surface area contributed by atoms with Gasteiger partial charge in [0.15, 0.2) is 23.2 Å². The third-order valence-corrected chi connectivity index (χ3v) is 7.31. The molecule has 1 atom stereocenters. The summed E-state index contributed by atoms with van der Waals surface area (Å²) < 4.78 is 68.9. The van der Waals surface area contributed by atoms with Gasteiger partial charge in [-0.15, -0.1) is 0 Å². The Balaban J connectivity index is 1.32. The van der Waals surface area contributed by atoms with Crippen LogP contribution in [0.4, 0.5) is 17.6 Å². The molecule has 2 aliphatic rings. The minimum atomic E-state index is -1.24. The van der Waals surface area contributed by atoms with Crippen LogP contribution in [0.3, 0.4) is 0 Å². The molecular weight excluding hydrogens is 472 g/mol. The molecule has 3 aromatic rings. The zero-order chi connectivity index (χ0) is 25.4. The van der Waals surface area contributed by atoms with E-state index in [0.29, 0.717) is 36.5 Å². The maximum Gasteiger partial charge on any atom is 0.314 e. The van der Waals surface area contributed by atoms with E-state index in [1.165, 1.54) is 48.5 Å². The molecular formula is C29H26F4O3. The van der Waals surface area contributed by atoms with E-state index in [4.69, 9.17) is 9.47 Å². The molecule has 3 aromatic carbocycles. The zero-order valence-corrected chi connectivity index (χ0v) is 19.8. The Hall–Kier alpha value is -3.19. The predicted octanol–water partition coefficient (Wildman–Crippen LogP) is 7.77. The molecule has 1 saturated carbocycles. The van der Waals surface area contributed by atoms with Crippen LogP contribution in [-0.4, -0.2) is 12.6 Å². The van der Waals surface area contributed by atoms with Crippen LogP contribution in [0.15, 0.2) is 48.5 Å². The number of epoxide rings is 1. The Morgan fingerprint density at radius 2 is 1.36 bits per heavy atom. The second kappa shape index (κ2) is 10.1. The highest BCUT2D eigenvalue weighted by Crippen LogP contribution is 2.37. The predicted molar refractivity (Wildman–Crippen MR) is 127 cm³/mol. The minimum absolute atomic E-state index is 0.0322. The van der Waals surface area contributed by atoms with Crippen molar-refractivity contribution in [3.63, 3.8) is 0 Å². The van der Waals surface area contributed by atoms with E-state index in [0.717, 1.165) is 19.3 Å². The lowest BCUT2D eigenvalue weighted by atomic mass is 9.81. The van der Waals surface area contributed by atoms with Crippen molar-refractivity contribution in [2.24, 2.45) is 11.8 Å². The number of carbonyl (C=O) groups is 1. The van der Waals surface area contributed by atoms with Crippen molar-refractivity contribution in [1.82, 2.24) is 0 Å². The maximum atomic E-state index is 14.9. The van der Waals surface area contributed by atoms with Gasteiger partial charge in [-0.25, -0.2) is 13.2 Å². The molecule has 1 aliphatic carbocycles. The first kappa shape index (κ1) is 24.5. The molecule has 0 amide bonds. The van der Waals surface area contributed by atoms with Crippen molar-refractivity contribution in [3.8, 4) is 28.0 Å². The number of hydrogen-bond donors (Lipinski definition) is 0. The van der Waals surface area contributed by atoms with E-state index in [-0.39, 0.29) is 22.6 Å². The minimum Gasteiger partial charge on any atom is -0.423 e. The summed E-state index contributed by atoms with van der Waals surface area (Å²) in [5.74, 6) is -4.99. The third-order valence-electron chi connectivity index (χ3n) is 7.31. The maximum absolute atomic E-state index is 14.9. The van der Waals surface area contributed by atoms with Crippen molar-refractivity contribution < 1.29 is 31.8 Å². The van der Waals surface area contributed by atoms with Crippen LogP contribution in [0.25, 0.3) is 22.3 Å². The zero-order valence-electron chi connectivity index (χ0n) is 19.8. The van der Waals surface area contributed by atoms with Gasteiger partial charge in [0, 0.05) is 16.7 Å². The molecule has 7 heteroatoms. The number of ether oxygens (including phenoxy) is 2. The highest BCUT2D eigenvalue weighted by atomic mass is 19.2. The van der Waals surface area contributed by atoms with Crippen LogP contribution in [0.5, 0.6) is 5.75 Å². The molecule has 3 nitrogen and oxygen atoms in total. The monoisotopic (exact) mass is 498 g/mol. The Labute approximate surface area is 207 Å². The van der Waals surface area contributed by atoms with Gasteiger partial charge in [0.1, 0.15) is 6.10 Å². The highest BCUT2D eigenvalue weighted by molar-refractivity contribution is 5.76. The summed E-state index contributed by atoms with van der Waals surface area (Å²) in [5, 5.41) is 0. The van der Waals surface area contributed by atoms with E-state index in [1.54, 1.807) is 0 Å². The lowest BCUT2D eigenvalue weighted by molar-refractivity contribution is -0.140. The number of hydrogen-bond acceptors (Lipinski definition) is 3. The molecule has 188 valence electrons. The number of carbonyl (C=O) groups excluding carboxylic acids is 1. The SMILES string of the molecule is CCC1CCC(C(=O)Oc2ccc(-c3ccc(-c4ccc(C5CO5)c(F)c4F)cc3)c(F)c2F)CC1. The van der Waals surface area contributed by atoms with E-state index < -0.39 is 41.1 Å². The first-order chi connectivity index (χ1) is 17.4. The smallest absolute Gasteiger partial charge is 0.314 e. The number of halogens is 4. The first-order valence-corrected chi connectivity index (χ1v) is 12.3. The standard InChI is InChI=1S/C29H26F4O3/c1-2-16-3-5-19(6-4-16)29(34)36-23-14-13-21(26(31)28(23)33)18-9-7-17(8-10-18)20-11-12-22(24-15-35-24)27(32)25(20)30/h7-14,16,19,24H,2-6,15H2,1H3. The molecule has 36 heavy (non-hydrogen) atoms. The summed E-state index contributed by atoms with van der Waals surface area (Å²) in [6.07, 6.45) is 3.89. The lowest BCUT2D eigenvalue weighted by Crippen LogP contribution is -2.25. The van der Waals surface area contributed by atoms with Crippen LogP contribution >= 0.6 is 0 Å². The van der Waals surface area contributed by atoms with E-state index in [1.807, 2.05) is 0 Å². The van der Waals surface area contributed by atoms with Gasteiger partial charge in [-0.05, 0) is 54.9 Å². The van der Waals surface area contributed by atoms with E-state index >= 15 is 0 Å². The normalized spacial score (nSPS) is 21.3. The molecule has 1 unspecified atom stereocenters.